The molecule has 2 heterocycles. The second-order valence-corrected chi connectivity index (χ2v) is 8.61. The van der Waals surface area contributed by atoms with Gasteiger partial charge in [0.1, 0.15) is 11.0 Å². The smallest absolute Gasteiger partial charge is 0.248 e. The summed E-state index contributed by atoms with van der Waals surface area (Å²) in [7, 11) is 0. The van der Waals surface area contributed by atoms with E-state index in [0.717, 1.165) is 6.42 Å². The van der Waals surface area contributed by atoms with Gasteiger partial charge in [-0.05, 0) is 6.42 Å². The van der Waals surface area contributed by atoms with Gasteiger partial charge < -0.3 is 16.5 Å². The van der Waals surface area contributed by atoms with Crippen LogP contribution in [-0.2, 0) is 0 Å². The molecular formula is C24H43N7. The summed E-state index contributed by atoms with van der Waals surface area (Å²) in [6.07, 6.45) is 23.3. The number of nitrogens with zero attached hydrogens (tertiary/aromatic N) is 4. The fourth-order valence-electron chi connectivity index (χ4n) is 3.94. The quantitative estimate of drug-likeness (QED) is 0.279. The van der Waals surface area contributed by atoms with E-state index in [1.807, 2.05) is 0 Å². The van der Waals surface area contributed by atoms with Crippen LogP contribution in [0.1, 0.15) is 110 Å². The van der Waals surface area contributed by atoms with Gasteiger partial charge in [0.2, 0.25) is 5.62 Å². The Balaban J connectivity index is 1.46. The highest BCUT2D eigenvalue weighted by molar-refractivity contribution is 5.90. The maximum Gasteiger partial charge on any atom is 0.248 e. The number of nitrogens with one attached hydrogen (secondary N) is 1. The molecule has 0 radical (unpaired) electrons. The van der Waals surface area contributed by atoms with Crippen molar-refractivity contribution in [3.05, 3.63) is 11.9 Å². The molecule has 0 fully saturated rings. The molecular weight excluding hydrogens is 386 g/mol. The summed E-state index contributed by atoms with van der Waals surface area (Å²) in [6, 6.07) is 0. The standard InChI is InChI=1S/C24H43N7/c1-2-3-4-5-6-7-8-9-10-11-12-13-14-15-16-17-18-27-24-30-22(25)20-21(23(26)31-24)29-19-28-20/h19H,2-18H2,1H3,(H,28,29)(H4,25,26,27,30,31). The lowest BCUT2D eigenvalue weighted by Crippen LogP contribution is -2.13. The van der Waals surface area contributed by atoms with Crippen molar-refractivity contribution in [2.24, 2.45) is 4.99 Å². The largest absolute Gasteiger partial charge is 0.382 e. The van der Waals surface area contributed by atoms with Crippen molar-refractivity contribution in [2.75, 3.05) is 18.0 Å². The Labute approximate surface area is 187 Å². The average molecular weight is 430 g/mol. The lowest BCUT2D eigenvalue weighted by molar-refractivity contribution is 0.530. The van der Waals surface area contributed by atoms with E-state index in [4.69, 9.17) is 11.5 Å². The molecule has 0 amide bonds. The molecule has 5 N–H and O–H groups in total. The van der Waals surface area contributed by atoms with Gasteiger partial charge in [-0.2, -0.15) is 9.97 Å². The number of anilines is 2. The monoisotopic (exact) mass is 429 g/mol. The van der Waals surface area contributed by atoms with E-state index in [9.17, 15) is 0 Å². The molecule has 2 aromatic heterocycles. The highest BCUT2D eigenvalue weighted by Crippen LogP contribution is 2.15. The first kappa shape index (κ1) is 25.1. The van der Waals surface area contributed by atoms with Crippen LogP contribution in [0.3, 0.4) is 0 Å². The molecule has 0 spiro atoms. The van der Waals surface area contributed by atoms with Crippen LogP contribution in [-0.4, -0.2) is 26.5 Å². The molecule has 0 bridgehead atoms. The molecule has 7 nitrogen and oxygen atoms in total. The summed E-state index contributed by atoms with van der Waals surface area (Å²) >= 11 is 0. The van der Waals surface area contributed by atoms with Crippen LogP contribution >= 0.6 is 0 Å². The van der Waals surface area contributed by atoms with Crippen molar-refractivity contribution in [3.8, 4) is 0 Å². The number of aromatic nitrogens is 4. The van der Waals surface area contributed by atoms with Gasteiger partial charge in [0.25, 0.3) is 0 Å². The van der Waals surface area contributed by atoms with Gasteiger partial charge >= 0.3 is 0 Å². The first-order chi connectivity index (χ1) is 15.2. The normalized spacial score (nSPS) is 12.1. The zero-order valence-corrected chi connectivity index (χ0v) is 19.5. The van der Waals surface area contributed by atoms with E-state index < -0.39 is 0 Å². The van der Waals surface area contributed by atoms with E-state index in [0.29, 0.717) is 34.8 Å². The van der Waals surface area contributed by atoms with E-state index >= 15 is 0 Å². The number of aromatic amines is 1. The van der Waals surface area contributed by atoms with Crippen molar-refractivity contribution < 1.29 is 0 Å². The van der Waals surface area contributed by atoms with Crippen molar-refractivity contribution >= 4 is 22.7 Å². The number of nitrogens with two attached hydrogens (primary N) is 2. The number of H-pyrrole nitrogens is 1. The lowest BCUT2D eigenvalue weighted by Gasteiger charge is -2.03. The predicted molar refractivity (Wildman–Crippen MR) is 130 cm³/mol. The van der Waals surface area contributed by atoms with Crippen LogP contribution in [0.5, 0.6) is 0 Å². The zero-order valence-electron chi connectivity index (χ0n) is 19.5. The number of nitrogen functional groups attached to an aromatic ring is 2. The Hall–Kier alpha value is -2.18. The molecule has 7 heteroatoms. The van der Waals surface area contributed by atoms with Gasteiger partial charge in [-0.25, -0.2) is 9.98 Å². The first-order valence-electron chi connectivity index (χ1n) is 12.5. The Morgan fingerprint density at radius 3 is 1.74 bits per heavy atom. The zero-order chi connectivity index (χ0) is 22.2. The highest BCUT2D eigenvalue weighted by atomic mass is 15.1. The Kier molecular flexibility index (Phi) is 12.6. The minimum Gasteiger partial charge on any atom is -0.382 e. The summed E-state index contributed by atoms with van der Waals surface area (Å²) in [5, 5.41) is 0. The molecule has 0 atom stereocenters. The number of hydrogen-bond acceptors (Lipinski definition) is 6. The van der Waals surface area contributed by atoms with Gasteiger partial charge in [0.15, 0.2) is 11.6 Å². The van der Waals surface area contributed by atoms with Gasteiger partial charge in [-0.1, -0.05) is 103 Å². The van der Waals surface area contributed by atoms with Crippen LogP contribution in [0.4, 0.5) is 11.6 Å². The molecule has 2 aromatic rings. The van der Waals surface area contributed by atoms with E-state index in [2.05, 4.69) is 31.9 Å². The van der Waals surface area contributed by atoms with Crippen LogP contribution in [0.15, 0.2) is 11.3 Å². The predicted octanol–water partition coefficient (Wildman–Crippen LogP) is 5.68. The number of hydrogen-bond donors (Lipinski definition) is 3. The van der Waals surface area contributed by atoms with E-state index in [1.54, 1.807) is 0 Å². The van der Waals surface area contributed by atoms with Gasteiger partial charge in [-0.3, -0.25) is 0 Å². The fourth-order valence-corrected chi connectivity index (χ4v) is 3.94. The third-order valence-corrected chi connectivity index (χ3v) is 5.84. The van der Waals surface area contributed by atoms with Gasteiger partial charge in [0.05, 0.1) is 6.33 Å². The third kappa shape index (κ3) is 10.1. The maximum atomic E-state index is 5.98. The van der Waals surface area contributed by atoms with Gasteiger partial charge in [-0.15, -0.1) is 0 Å². The highest BCUT2D eigenvalue weighted by Gasteiger charge is 2.05. The molecule has 2 rings (SSSR count). The first-order valence-corrected chi connectivity index (χ1v) is 12.5. The SMILES string of the molecule is CCCCCCCCCCCCCCCCCCN=c1nc(N)c2nc[nH]c2c(N)n1. The van der Waals surface area contributed by atoms with Crippen molar-refractivity contribution in [3.63, 3.8) is 0 Å². The molecule has 0 saturated heterocycles. The van der Waals surface area contributed by atoms with Crippen LogP contribution < -0.4 is 17.1 Å². The maximum absolute atomic E-state index is 5.98. The summed E-state index contributed by atoms with van der Waals surface area (Å²) < 4.78 is 0. The van der Waals surface area contributed by atoms with Crippen LogP contribution in [0.2, 0.25) is 0 Å². The Bertz CT molecular complexity index is 757. The molecule has 0 unspecified atom stereocenters. The number of unbranched alkanes of at least 4 members (excludes halogenated alkanes) is 15. The van der Waals surface area contributed by atoms with Crippen LogP contribution in [0, 0.1) is 0 Å². The molecule has 31 heavy (non-hydrogen) atoms. The molecule has 174 valence electrons. The molecule has 0 aromatic carbocycles. The summed E-state index contributed by atoms with van der Waals surface area (Å²) in [6.45, 7) is 2.98. The molecule has 0 aliphatic rings. The van der Waals surface area contributed by atoms with Crippen molar-refractivity contribution in [1.82, 2.24) is 19.9 Å². The number of imidazole rings is 1. The topological polar surface area (TPSA) is 119 Å². The van der Waals surface area contributed by atoms with Crippen LogP contribution in [0.25, 0.3) is 11.0 Å². The molecule has 0 aliphatic carbocycles. The van der Waals surface area contributed by atoms with Crippen molar-refractivity contribution in [2.45, 2.75) is 110 Å². The average Bonchev–Trinajstić information content (AvgIpc) is 3.22. The van der Waals surface area contributed by atoms with E-state index in [1.165, 1.54) is 103 Å². The van der Waals surface area contributed by atoms with Crippen molar-refractivity contribution in [1.29, 1.82) is 0 Å². The minimum absolute atomic E-state index is 0.297. The molecule has 0 saturated carbocycles. The summed E-state index contributed by atoms with van der Waals surface area (Å²) in [5.74, 6) is 0.619. The lowest BCUT2D eigenvalue weighted by atomic mass is 10.0. The minimum atomic E-state index is 0.297. The fraction of sp³-hybridized carbons (Fsp3) is 0.750. The van der Waals surface area contributed by atoms with Gasteiger partial charge in [0, 0.05) is 6.54 Å². The second kappa shape index (κ2) is 15.6. The number of fused-ring (bicyclic) bond motifs is 1. The summed E-state index contributed by atoms with van der Waals surface area (Å²) in [5.41, 5.74) is 13.4. The van der Waals surface area contributed by atoms with E-state index in [-0.39, 0.29) is 0 Å². The number of rotatable bonds is 17. The Morgan fingerprint density at radius 1 is 0.710 bits per heavy atom. The Morgan fingerprint density at radius 2 is 1.19 bits per heavy atom. The summed E-state index contributed by atoms with van der Waals surface area (Å²) in [4.78, 5) is 20.0. The molecule has 0 aliphatic heterocycles. The third-order valence-electron chi connectivity index (χ3n) is 5.84. The second-order valence-electron chi connectivity index (χ2n) is 8.61.